The van der Waals surface area contributed by atoms with Crippen LogP contribution in [0.5, 0.6) is 5.75 Å². The van der Waals surface area contributed by atoms with Crippen LogP contribution in [0.15, 0.2) is 53.7 Å². The van der Waals surface area contributed by atoms with Crippen molar-refractivity contribution in [1.82, 2.24) is 0 Å². The quantitative estimate of drug-likeness (QED) is 0.936. The lowest BCUT2D eigenvalue weighted by atomic mass is 9.95. The number of hydrogen-bond acceptors (Lipinski definition) is 4. The fourth-order valence-corrected chi connectivity index (χ4v) is 2.44. The molecule has 0 saturated heterocycles. The van der Waals surface area contributed by atoms with E-state index in [4.69, 9.17) is 9.57 Å². The predicted octanol–water partition coefficient (Wildman–Crippen LogP) is 3.36. The first-order chi connectivity index (χ1) is 11.5. The van der Waals surface area contributed by atoms with Crippen molar-refractivity contribution in [3.63, 3.8) is 0 Å². The number of methoxy groups -OCH3 is 1. The lowest BCUT2D eigenvalue weighted by Crippen LogP contribution is -2.40. The molecule has 24 heavy (non-hydrogen) atoms. The minimum absolute atomic E-state index is 0.190. The van der Waals surface area contributed by atoms with Gasteiger partial charge >= 0.3 is 0 Å². The second kappa shape index (κ2) is 6.31. The van der Waals surface area contributed by atoms with Crippen molar-refractivity contribution in [3.8, 4) is 5.75 Å². The van der Waals surface area contributed by atoms with E-state index in [1.54, 1.807) is 56.5 Å². The number of anilines is 1. The summed E-state index contributed by atoms with van der Waals surface area (Å²) < 4.78 is 18.9. The molecule has 0 bridgehead atoms. The Bertz CT molecular complexity index is 789. The first-order valence-electron chi connectivity index (χ1n) is 7.47. The van der Waals surface area contributed by atoms with Crippen molar-refractivity contribution in [1.29, 1.82) is 0 Å². The molecule has 0 fully saturated rings. The standard InChI is InChI=1S/C18H17FN2O3/c1-18(17(22)20-12-7-9-13(23-2)10-8-12)11-16(21-24-18)14-5-3-4-6-15(14)19/h3-10H,11H2,1-2H3,(H,20,22)/t18-/m1/s1. The summed E-state index contributed by atoms with van der Waals surface area (Å²) in [5, 5.41) is 6.68. The topological polar surface area (TPSA) is 59.9 Å². The molecule has 3 rings (SSSR count). The van der Waals surface area contributed by atoms with E-state index in [1.165, 1.54) is 6.07 Å². The van der Waals surface area contributed by atoms with Gasteiger partial charge in [0.25, 0.3) is 5.91 Å². The van der Waals surface area contributed by atoms with Crippen LogP contribution in [0.3, 0.4) is 0 Å². The maximum absolute atomic E-state index is 13.9. The van der Waals surface area contributed by atoms with Crippen LogP contribution in [0.1, 0.15) is 18.9 Å². The van der Waals surface area contributed by atoms with Crippen LogP contribution in [-0.4, -0.2) is 24.3 Å². The largest absolute Gasteiger partial charge is 0.497 e. The van der Waals surface area contributed by atoms with Gasteiger partial charge < -0.3 is 14.9 Å². The van der Waals surface area contributed by atoms with E-state index in [0.29, 0.717) is 22.7 Å². The van der Waals surface area contributed by atoms with Crippen molar-refractivity contribution < 1.29 is 18.8 Å². The zero-order valence-corrected chi connectivity index (χ0v) is 13.4. The summed E-state index contributed by atoms with van der Waals surface area (Å²) in [5.41, 5.74) is 0.196. The first kappa shape index (κ1) is 16.0. The van der Waals surface area contributed by atoms with Crippen LogP contribution in [0.2, 0.25) is 0 Å². The van der Waals surface area contributed by atoms with Crippen LogP contribution in [-0.2, 0) is 9.63 Å². The van der Waals surface area contributed by atoms with Crippen LogP contribution in [0, 0.1) is 5.82 Å². The van der Waals surface area contributed by atoms with Gasteiger partial charge in [-0.15, -0.1) is 0 Å². The number of nitrogens with zero attached hydrogens (tertiary/aromatic N) is 1. The fourth-order valence-electron chi connectivity index (χ4n) is 2.44. The molecule has 0 spiro atoms. The third-order valence-electron chi connectivity index (χ3n) is 3.88. The molecule has 2 aromatic rings. The number of nitrogens with one attached hydrogen (secondary N) is 1. The summed E-state index contributed by atoms with van der Waals surface area (Å²) in [6.45, 7) is 1.63. The molecule has 0 saturated carbocycles. The second-order valence-corrected chi connectivity index (χ2v) is 5.70. The molecule has 0 radical (unpaired) electrons. The number of carbonyl (C=O) groups is 1. The summed E-state index contributed by atoms with van der Waals surface area (Å²) in [7, 11) is 1.57. The zero-order chi connectivity index (χ0) is 17.2. The van der Waals surface area contributed by atoms with Crippen molar-refractivity contribution in [2.75, 3.05) is 12.4 Å². The molecule has 1 atom stereocenters. The molecule has 5 nitrogen and oxygen atoms in total. The van der Waals surface area contributed by atoms with E-state index in [9.17, 15) is 9.18 Å². The molecule has 6 heteroatoms. The van der Waals surface area contributed by atoms with E-state index >= 15 is 0 Å². The average molecular weight is 328 g/mol. The van der Waals surface area contributed by atoms with Crippen molar-refractivity contribution in [2.45, 2.75) is 18.9 Å². The van der Waals surface area contributed by atoms with Gasteiger partial charge in [0.05, 0.1) is 12.8 Å². The number of carbonyl (C=O) groups excluding carboxylic acids is 1. The normalized spacial score (nSPS) is 19.4. The minimum atomic E-state index is -1.18. The van der Waals surface area contributed by atoms with Gasteiger partial charge in [-0.05, 0) is 37.3 Å². The second-order valence-electron chi connectivity index (χ2n) is 5.70. The summed E-state index contributed by atoms with van der Waals surface area (Å²) in [6.07, 6.45) is 0.190. The molecule has 1 aliphatic rings. The van der Waals surface area contributed by atoms with Crippen LogP contribution < -0.4 is 10.1 Å². The third-order valence-corrected chi connectivity index (χ3v) is 3.88. The number of rotatable bonds is 4. The van der Waals surface area contributed by atoms with Crippen molar-refractivity contribution >= 4 is 17.3 Å². The van der Waals surface area contributed by atoms with Gasteiger partial charge in [0, 0.05) is 17.7 Å². The predicted molar refractivity (Wildman–Crippen MR) is 88.7 cm³/mol. The SMILES string of the molecule is COc1ccc(NC(=O)[C@@]2(C)CC(c3ccccc3F)=NO2)cc1. The highest BCUT2D eigenvalue weighted by Gasteiger charge is 2.42. The number of halogens is 1. The maximum Gasteiger partial charge on any atom is 0.271 e. The number of oxime groups is 1. The van der Waals surface area contributed by atoms with E-state index in [1.807, 2.05) is 0 Å². The highest BCUT2D eigenvalue weighted by atomic mass is 19.1. The summed E-state index contributed by atoms with van der Waals surface area (Å²) in [5.74, 6) is -0.0380. The molecule has 1 heterocycles. The van der Waals surface area contributed by atoms with Crippen molar-refractivity contribution in [2.24, 2.45) is 5.16 Å². The van der Waals surface area contributed by atoms with Gasteiger partial charge in [0.15, 0.2) is 0 Å². The van der Waals surface area contributed by atoms with E-state index in [0.717, 1.165) is 0 Å². The summed E-state index contributed by atoms with van der Waals surface area (Å²) in [4.78, 5) is 17.8. The highest BCUT2D eigenvalue weighted by Crippen LogP contribution is 2.29. The fraction of sp³-hybridized carbons (Fsp3) is 0.222. The Morgan fingerprint density at radius 2 is 1.96 bits per heavy atom. The van der Waals surface area contributed by atoms with E-state index in [-0.39, 0.29) is 18.1 Å². The molecule has 1 N–H and O–H groups in total. The van der Waals surface area contributed by atoms with Gasteiger partial charge in [0.2, 0.25) is 5.60 Å². The molecule has 0 aromatic heterocycles. The van der Waals surface area contributed by atoms with Gasteiger partial charge in [0.1, 0.15) is 11.6 Å². The number of amides is 1. The number of hydrogen-bond donors (Lipinski definition) is 1. The molecule has 2 aromatic carbocycles. The lowest BCUT2D eigenvalue weighted by Gasteiger charge is -2.20. The summed E-state index contributed by atoms with van der Waals surface area (Å²) in [6, 6.07) is 13.2. The van der Waals surface area contributed by atoms with Gasteiger partial charge in [-0.1, -0.05) is 23.4 Å². The Hall–Kier alpha value is -2.89. The van der Waals surface area contributed by atoms with Crippen LogP contribution in [0.25, 0.3) is 0 Å². The van der Waals surface area contributed by atoms with Crippen LogP contribution in [0.4, 0.5) is 10.1 Å². The first-order valence-corrected chi connectivity index (χ1v) is 7.47. The Morgan fingerprint density at radius 1 is 1.25 bits per heavy atom. The maximum atomic E-state index is 13.9. The molecule has 0 unspecified atom stereocenters. The molecular weight excluding hydrogens is 311 g/mol. The summed E-state index contributed by atoms with van der Waals surface area (Å²) >= 11 is 0. The molecular formula is C18H17FN2O3. The third kappa shape index (κ3) is 3.08. The van der Waals surface area contributed by atoms with Gasteiger partial charge in [-0.25, -0.2) is 4.39 Å². The number of ether oxygens (including phenoxy) is 1. The van der Waals surface area contributed by atoms with Crippen molar-refractivity contribution in [3.05, 3.63) is 59.9 Å². The Labute approximate surface area is 139 Å². The van der Waals surface area contributed by atoms with Gasteiger partial charge in [-0.2, -0.15) is 0 Å². The van der Waals surface area contributed by atoms with Crippen LogP contribution >= 0.6 is 0 Å². The minimum Gasteiger partial charge on any atom is -0.497 e. The van der Waals surface area contributed by atoms with E-state index in [2.05, 4.69) is 10.5 Å². The van der Waals surface area contributed by atoms with Gasteiger partial charge in [-0.3, -0.25) is 4.79 Å². The smallest absolute Gasteiger partial charge is 0.271 e. The molecule has 124 valence electrons. The molecule has 0 aliphatic carbocycles. The molecule has 1 aliphatic heterocycles. The lowest BCUT2D eigenvalue weighted by molar-refractivity contribution is -0.135. The highest BCUT2D eigenvalue weighted by molar-refractivity contribution is 6.08. The Kier molecular flexibility index (Phi) is 4.20. The average Bonchev–Trinajstić information content (AvgIpc) is 2.99. The zero-order valence-electron chi connectivity index (χ0n) is 13.4. The monoisotopic (exact) mass is 328 g/mol. The Morgan fingerprint density at radius 3 is 2.62 bits per heavy atom. The Balaban J connectivity index is 1.71. The number of benzene rings is 2. The van der Waals surface area contributed by atoms with E-state index < -0.39 is 5.60 Å². The molecule has 1 amide bonds.